The van der Waals surface area contributed by atoms with Gasteiger partial charge in [-0.2, -0.15) is 18.3 Å². The summed E-state index contributed by atoms with van der Waals surface area (Å²) in [6.07, 6.45) is -3.51. The standard InChI is InChI=1S/C19H20F3N5O2/c20-19(21,22)14-4-2-1-3-12(14)11-5-7-26(8-6-11)17(28)16-13-9-27(18(23)29)10-15(13)24-25-16/h1-4,11H,5-10H2,(H2,23,29)(H,24,25). The molecule has 7 nitrogen and oxygen atoms in total. The highest BCUT2D eigenvalue weighted by atomic mass is 19.4. The maximum Gasteiger partial charge on any atom is 0.416 e. The zero-order valence-electron chi connectivity index (χ0n) is 15.5. The summed E-state index contributed by atoms with van der Waals surface area (Å²) < 4.78 is 39.9. The average Bonchev–Trinajstić information content (AvgIpc) is 3.28. The number of aromatic nitrogens is 2. The van der Waals surface area contributed by atoms with Gasteiger partial charge in [0, 0.05) is 18.7 Å². The van der Waals surface area contributed by atoms with Crippen LogP contribution in [0.4, 0.5) is 18.0 Å². The van der Waals surface area contributed by atoms with E-state index in [1.54, 1.807) is 11.0 Å². The van der Waals surface area contributed by atoms with E-state index >= 15 is 0 Å². The molecule has 2 aliphatic heterocycles. The first-order valence-electron chi connectivity index (χ1n) is 9.31. The monoisotopic (exact) mass is 407 g/mol. The fourth-order valence-corrected chi connectivity index (χ4v) is 4.13. The van der Waals surface area contributed by atoms with E-state index in [0.29, 0.717) is 37.2 Å². The molecule has 0 spiro atoms. The summed E-state index contributed by atoms with van der Waals surface area (Å²) in [5.41, 5.74) is 6.55. The Kier molecular flexibility index (Phi) is 4.71. The van der Waals surface area contributed by atoms with Crippen LogP contribution in [-0.2, 0) is 19.3 Å². The Bertz CT molecular complexity index is 948. The Morgan fingerprint density at radius 3 is 2.45 bits per heavy atom. The van der Waals surface area contributed by atoms with E-state index in [1.165, 1.54) is 17.0 Å². The zero-order chi connectivity index (χ0) is 20.8. The lowest BCUT2D eigenvalue weighted by molar-refractivity contribution is -0.138. The third-order valence-corrected chi connectivity index (χ3v) is 5.65. The number of amides is 3. The molecule has 10 heteroatoms. The number of benzene rings is 1. The van der Waals surface area contributed by atoms with Crippen molar-refractivity contribution in [2.75, 3.05) is 13.1 Å². The van der Waals surface area contributed by atoms with Gasteiger partial charge in [0.1, 0.15) is 0 Å². The summed E-state index contributed by atoms with van der Waals surface area (Å²) in [5.74, 6) is -0.538. The molecule has 0 aliphatic carbocycles. The molecule has 3 N–H and O–H groups in total. The number of urea groups is 1. The van der Waals surface area contributed by atoms with Crippen molar-refractivity contribution in [3.8, 4) is 0 Å². The molecule has 4 rings (SSSR count). The second-order valence-electron chi connectivity index (χ2n) is 7.38. The molecule has 1 fully saturated rings. The predicted octanol–water partition coefficient (Wildman–Crippen LogP) is 2.84. The molecule has 0 bridgehead atoms. The Morgan fingerprint density at radius 2 is 1.79 bits per heavy atom. The number of hydrogen-bond acceptors (Lipinski definition) is 3. The number of carbonyl (C=O) groups excluding carboxylic acids is 2. The second kappa shape index (κ2) is 7.09. The lowest BCUT2D eigenvalue weighted by atomic mass is 9.86. The van der Waals surface area contributed by atoms with Crippen molar-refractivity contribution >= 4 is 11.9 Å². The van der Waals surface area contributed by atoms with Crippen LogP contribution in [0.3, 0.4) is 0 Å². The summed E-state index contributed by atoms with van der Waals surface area (Å²) >= 11 is 0. The van der Waals surface area contributed by atoms with Gasteiger partial charge >= 0.3 is 12.2 Å². The van der Waals surface area contributed by atoms with E-state index in [1.807, 2.05) is 0 Å². The normalized spacial score (nSPS) is 17.5. The number of alkyl halides is 3. The SMILES string of the molecule is NC(=O)N1Cc2[nH]nc(C(=O)N3CCC(c4ccccc4C(F)(F)F)CC3)c2C1. The van der Waals surface area contributed by atoms with Gasteiger partial charge in [-0.25, -0.2) is 4.79 Å². The number of carbonyl (C=O) groups is 2. The molecule has 0 saturated carbocycles. The van der Waals surface area contributed by atoms with Gasteiger partial charge in [0.15, 0.2) is 5.69 Å². The zero-order valence-corrected chi connectivity index (χ0v) is 15.5. The van der Waals surface area contributed by atoms with Gasteiger partial charge in [-0.15, -0.1) is 0 Å². The summed E-state index contributed by atoms with van der Waals surface area (Å²) in [4.78, 5) is 27.3. The van der Waals surface area contributed by atoms with Crippen LogP contribution < -0.4 is 5.73 Å². The molecule has 0 atom stereocenters. The molecule has 29 heavy (non-hydrogen) atoms. The van der Waals surface area contributed by atoms with Crippen LogP contribution in [0.2, 0.25) is 0 Å². The minimum absolute atomic E-state index is 0.220. The summed E-state index contributed by atoms with van der Waals surface area (Å²) in [6.45, 7) is 1.19. The molecule has 3 heterocycles. The first-order chi connectivity index (χ1) is 13.8. The second-order valence-corrected chi connectivity index (χ2v) is 7.38. The Hall–Kier alpha value is -3.04. The molecular formula is C19H20F3N5O2. The topological polar surface area (TPSA) is 95.3 Å². The highest BCUT2D eigenvalue weighted by Gasteiger charge is 2.37. The summed E-state index contributed by atoms with van der Waals surface area (Å²) in [7, 11) is 0. The number of nitrogens with two attached hydrogens (primary N) is 1. The number of fused-ring (bicyclic) bond motifs is 1. The highest BCUT2D eigenvalue weighted by Crippen LogP contribution is 2.39. The first-order valence-corrected chi connectivity index (χ1v) is 9.31. The number of nitrogens with zero attached hydrogens (tertiary/aromatic N) is 3. The smallest absolute Gasteiger partial charge is 0.351 e. The molecule has 2 aromatic rings. The Morgan fingerprint density at radius 1 is 1.10 bits per heavy atom. The predicted molar refractivity (Wildman–Crippen MR) is 96.7 cm³/mol. The lowest BCUT2D eigenvalue weighted by Crippen LogP contribution is -2.39. The molecule has 3 amide bonds. The van der Waals surface area contributed by atoms with Crippen LogP contribution in [0.25, 0.3) is 0 Å². The molecule has 1 aromatic carbocycles. The van der Waals surface area contributed by atoms with Crippen molar-refractivity contribution in [3.05, 3.63) is 52.3 Å². The van der Waals surface area contributed by atoms with Gasteiger partial charge in [-0.3, -0.25) is 9.89 Å². The molecule has 1 saturated heterocycles. The number of halogens is 3. The number of primary amides is 1. The average molecular weight is 407 g/mol. The maximum absolute atomic E-state index is 13.3. The number of H-pyrrole nitrogens is 1. The van der Waals surface area contributed by atoms with Crippen LogP contribution in [-0.4, -0.2) is 45.0 Å². The van der Waals surface area contributed by atoms with E-state index in [-0.39, 0.29) is 36.2 Å². The van der Waals surface area contributed by atoms with Gasteiger partial charge in [0.2, 0.25) is 0 Å². The molecule has 0 unspecified atom stereocenters. The van der Waals surface area contributed by atoms with Crippen molar-refractivity contribution in [1.82, 2.24) is 20.0 Å². The first kappa shape index (κ1) is 19.3. The molecule has 1 aromatic heterocycles. The van der Waals surface area contributed by atoms with Gasteiger partial charge in [-0.1, -0.05) is 18.2 Å². The fraction of sp³-hybridized carbons (Fsp3) is 0.421. The fourth-order valence-electron chi connectivity index (χ4n) is 4.13. The van der Waals surface area contributed by atoms with Gasteiger partial charge < -0.3 is 15.5 Å². The molecule has 154 valence electrons. The van der Waals surface area contributed by atoms with E-state index in [2.05, 4.69) is 10.2 Å². The Balaban J connectivity index is 1.46. The number of aromatic amines is 1. The summed E-state index contributed by atoms with van der Waals surface area (Å²) in [6, 6.07) is 5.05. The van der Waals surface area contributed by atoms with Crippen molar-refractivity contribution in [2.24, 2.45) is 5.73 Å². The number of rotatable bonds is 2. The van der Waals surface area contributed by atoms with Gasteiger partial charge in [0.05, 0.1) is 24.3 Å². The quantitative estimate of drug-likeness (QED) is 0.801. The number of hydrogen-bond donors (Lipinski definition) is 2. The number of piperidine rings is 1. The van der Waals surface area contributed by atoms with Crippen molar-refractivity contribution in [2.45, 2.75) is 38.0 Å². The molecule has 2 aliphatic rings. The number of nitrogens with one attached hydrogen (secondary N) is 1. The van der Waals surface area contributed by atoms with E-state index in [9.17, 15) is 22.8 Å². The Labute approximate surface area is 164 Å². The molecule has 0 radical (unpaired) electrons. The van der Waals surface area contributed by atoms with Crippen LogP contribution >= 0.6 is 0 Å². The van der Waals surface area contributed by atoms with Crippen LogP contribution in [0.15, 0.2) is 24.3 Å². The lowest BCUT2D eigenvalue weighted by Gasteiger charge is -2.33. The van der Waals surface area contributed by atoms with E-state index in [4.69, 9.17) is 5.73 Å². The van der Waals surface area contributed by atoms with Crippen LogP contribution in [0.5, 0.6) is 0 Å². The van der Waals surface area contributed by atoms with Crippen LogP contribution in [0.1, 0.15) is 51.6 Å². The van der Waals surface area contributed by atoms with Crippen LogP contribution in [0, 0.1) is 0 Å². The highest BCUT2D eigenvalue weighted by molar-refractivity contribution is 5.94. The van der Waals surface area contributed by atoms with Crippen molar-refractivity contribution in [3.63, 3.8) is 0 Å². The largest absolute Gasteiger partial charge is 0.416 e. The maximum atomic E-state index is 13.3. The van der Waals surface area contributed by atoms with Crippen molar-refractivity contribution in [1.29, 1.82) is 0 Å². The minimum atomic E-state index is -4.40. The third kappa shape index (κ3) is 3.54. The summed E-state index contributed by atoms with van der Waals surface area (Å²) in [5, 5.41) is 6.86. The van der Waals surface area contributed by atoms with Gasteiger partial charge in [0.25, 0.3) is 5.91 Å². The van der Waals surface area contributed by atoms with Crippen molar-refractivity contribution < 1.29 is 22.8 Å². The molecular weight excluding hydrogens is 387 g/mol. The minimum Gasteiger partial charge on any atom is -0.351 e. The third-order valence-electron chi connectivity index (χ3n) is 5.65. The number of likely N-dealkylation sites (tertiary alicyclic amines) is 1. The van der Waals surface area contributed by atoms with Gasteiger partial charge in [-0.05, 0) is 30.4 Å². The van der Waals surface area contributed by atoms with E-state index < -0.39 is 17.8 Å². The van der Waals surface area contributed by atoms with E-state index in [0.717, 1.165) is 6.07 Å².